The predicted molar refractivity (Wildman–Crippen MR) is 48.5 cm³/mol. The van der Waals surface area contributed by atoms with Crippen molar-refractivity contribution in [3.8, 4) is 0 Å². The fraction of sp³-hybridized carbons (Fsp3) is 0.889. The van der Waals surface area contributed by atoms with E-state index in [9.17, 15) is 13.6 Å². The van der Waals surface area contributed by atoms with Crippen LogP contribution in [0.5, 0.6) is 0 Å². The molecule has 0 heterocycles. The Labute approximate surface area is 86.6 Å². The Kier molecular flexibility index (Phi) is 3.62. The first kappa shape index (κ1) is 12.3. The zero-order valence-electron chi connectivity index (χ0n) is 8.56. The van der Waals surface area contributed by atoms with Crippen LogP contribution in [0.2, 0.25) is 0 Å². The van der Waals surface area contributed by atoms with E-state index >= 15 is 0 Å². The number of hydrogen-bond acceptors (Lipinski definition) is 3. The molecule has 0 unspecified atom stereocenters. The van der Waals surface area contributed by atoms with Crippen molar-refractivity contribution >= 4 is 5.97 Å². The van der Waals surface area contributed by atoms with Gasteiger partial charge in [0.1, 0.15) is 5.60 Å². The van der Waals surface area contributed by atoms with Crippen LogP contribution in [0.4, 0.5) is 8.78 Å². The summed E-state index contributed by atoms with van der Waals surface area (Å²) in [5.41, 5.74) is 1.42. The van der Waals surface area contributed by atoms with Crippen molar-refractivity contribution in [1.29, 1.82) is 0 Å². The van der Waals surface area contributed by atoms with E-state index in [0.717, 1.165) is 0 Å². The van der Waals surface area contributed by atoms with Crippen LogP contribution in [-0.2, 0) is 9.63 Å². The molecule has 1 rings (SSSR count). The average molecular weight is 223 g/mol. The highest BCUT2D eigenvalue weighted by Crippen LogP contribution is 2.41. The SMILES string of the molecule is CNOC1(CC(=O)O)CCC(F)(F)CC1. The quantitative estimate of drug-likeness (QED) is 0.710. The zero-order chi connectivity index (χ0) is 11.5. The minimum Gasteiger partial charge on any atom is -0.481 e. The lowest BCUT2D eigenvalue weighted by atomic mass is 9.80. The molecule has 6 heteroatoms. The van der Waals surface area contributed by atoms with Crippen LogP contribution in [0.3, 0.4) is 0 Å². The van der Waals surface area contributed by atoms with E-state index in [0.29, 0.717) is 0 Å². The molecule has 2 N–H and O–H groups in total. The number of alkyl halides is 2. The third-order valence-corrected chi connectivity index (χ3v) is 2.68. The molecule has 1 saturated carbocycles. The van der Waals surface area contributed by atoms with Gasteiger partial charge in [-0.1, -0.05) is 0 Å². The van der Waals surface area contributed by atoms with E-state index in [-0.39, 0.29) is 32.1 Å². The summed E-state index contributed by atoms with van der Waals surface area (Å²) < 4.78 is 25.8. The van der Waals surface area contributed by atoms with Crippen LogP contribution in [0.15, 0.2) is 0 Å². The summed E-state index contributed by atoms with van der Waals surface area (Å²) >= 11 is 0. The Morgan fingerprint density at radius 3 is 2.33 bits per heavy atom. The summed E-state index contributed by atoms with van der Waals surface area (Å²) in [5.74, 6) is -3.71. The fourth-order valence-electron chi connectivity index (χ4n) is 1.88. The number of nitrogens with one attached hydrogen (secondary N) is 1. The lowest BCUT2D eigenvalue weighted by Crippen LogP contribution is -2.45. The minimum atomic E-state index is -2.68. The van der Waals surface area contributed by atoms with Gasteiger partial charge in [0.2, 0.25) is 5.92 Å². The summed E-state index contributed by atoms with van der Waals surface area (Å²) in [5, 5.41) is 8.69. The third-order valence-electron chi connectivity index (χ3n) is 2.68. The normalized spacial score (nSPS) is 23.7. The number of carboxylic acids is 1. The molecular formula is C9H15F2NO3. The second-order valence-corrected chi connectivity index (χ2v) is 3.92. The molecule has 1 aliphatic rings. The van der Waals surface area contributed by atoms with E-state index in [1.165, 1.54) is 7.05 Å². The molecule has 0 amide bonds. The first-order valence-corrected chi connectivity index (χ1v) is 4.84. The molecule has 0 aromatic heterocycles. The van der Waals surface area contributed by atoms with Gasteiger partial charge >= 0.3 is 5.97 Å². The van der Waals surface area contributed by atoms with E-state index in [2.05, 4.69) is 5.48 Å². The summed E-state index contributed by atoms with van der Waals surface area (Å²) in [6.07, 6.45) is -0.756. The second-order valence-electron chi connectivity index (χ2n) is 3.92. The molecule has 0 aromatic carbocycles. The Morgan fingerprint density at radius 1 is 1.40 bits per heavy atom. The van der Waals surface area contributed by atoms with Crippen molar-refractivity contribution in [2.24, 2.45) is 0 Å². The molecule has 0 aliphatic heterocycles. The van der Waals surface area contributed by atoms with Gasteiger partial charge in [-0.3, -0.25) is 9.63 Å². The molecular weight excluding hydrogens is 208 g/mol. The van der Waals surface area contributed by atoms with Crippen molar-refractivity contribution in [1.82, 2.24) is 5.48 Å². The summed E-state index contributed by atoms with van der Waals surface area (Å²) in [4.78, 5) is 15.7. The number of rotatable bonds is 4. The van der Waals surface area contributed by atoms with Gasteiger partial charge in [-0.15, -0.1) is 0 Å². The lowest BCUT2D eigenvalue weighted by Gasteiger charge is -2.38. The monoisotopic (exact) mass is 223 g/mol. The van der Waals surface area contributed by atoms with Gasteiger partial charge in [0.05, 0.1) is 6.42 Å². The second kappa shape index (κ2) is 4.40. The molecule has 4 nitrogen and oxygen atoms in total. The minimum absolute atomic E-state index is 0.0626. The average Bonchev–Trinajstić information content (AvgIpc) is 2.10. The topological polar surface area (TPSA) is 58.6 Å². The van der Waals surface area contributed by atoms with Crippen molar-refractivity contribution in [3.05, 3.63) is 0 Å². The predicted octanol–water partition coefficient (Wildman–Crippen LogP) is 1.56. The van der Waals surface area contributed by atoms with Crippen LogP contribution in [0, 0.1) is 0 Å². The molecule has 1 fully saturated rings. The van der Waals surface area contributed by atoms with Crippen molar-refractivity contribution in [3.63, 3.8) is 0 Å². The highest BCUT2D eigenvalue weighted by atomic mass is 19.3. The zero-order valence-corrected chi connectivity index (χ0v) is 8.56. The number of halogens is 2. The summed E-state index contributed by atoms with van der Waals surface area (Å²) in [6, 6.07) is 0. The van der Waals surface area contributed by atoms with Gasteiger partial charge in [0, 0.05) is 19.9 Å². The van der Waals surface area contributed by atoms with Gasteiger partial charge in [-0.2, -0.15) is 0 Å². The number of carbonyl (C=O) groups is 1. The molecule has 0 bridgehead atoms. The molecule has 0 radical (unpaired) electrons. The van der Waals surface area contributed by atoms with Crippen LogP contribution >= 0.6 is 0 Å². The highest BCUT2D eigenvalue weighted by Gasteiger charge is 2.45. The van der Waals surface area contributed by atoms with Crippen LogP contribution in [0.1, 0.15) is 32.1 Å². The molecule has 0 aromatic rings. The van der Waals surface area contributed by atoms with Crippen LogP contribution < -0.4 is 5.48 Å². The van der Waals surface area contributed by atoms with E-state index < -0.39 is 17.5 Å². The largest absolute Gasteiger partial charge is 0.481 e. The Bertz CT molecular complexity index is 236. The van der Waals surface area contributed by atoms with Crippen molar-refractivity contribution in [2.45, 2.75) is 43.6 Å². The molecule has 0 saturated heterocycles. The number of hydrogen-bond donors (Lipinski definition) is 2. The van der Waals surface area contributed by atoms with Crippen molar-refractivity contribution in [2.75, 3.05) is 7.05 Å². The van der Waals surface area contributed by atoms with Gasteiger partial charge in [-0.05, 0) is 12.8 Å². The van der Waals surface area contributed by atoms with E-state index in [1.54, 1.807) is 0 Å². The first-order chi connectivity index (χ1) is 6.89. The van der Waals surface area contributed by atoms with Gasteiger partial charge in [0.15, 0.2) is 0 Å². The number of aliphatic carboxylic acids is 1. The fourth-order valence-corrected chi connectivity index (χ4v) is 1.88. The van der Waals surface area contributed by atoms with Crippen LogP contribution in [-0.4, -0.2) is 29.6 Å². The van der Waals surface area contributed by atoms with Crippen LogP contribution in [0.25, 0.3) is 0 Å². The molecule has 88 valence electrons. The molecule has 0 atom stereocenters. The Hall–Kier alpha value is -0.750. The maximum atomic E-state index is 12.9. The van der Waals surface area contributed by atoms with Gasteiger partial charge in [0.25, 0.3) is 0 Å². The molecule has 1 aliphatic carbocycles. The third kappa shape index (κ3) is 3.39. The standard InChI is InChI=1S/C9H15F2NO3/c1-12-15-8(6-7(13)14)2-4-9(10,11)5-3-8/h12H,2-6H2,1H3,(H,13,14). The van der Waals surface area contributed by atoms with E-state index in [1.807, 2.05) is 0 Å². The maximum Gasteiger partial charge on any atom is 0.306 e. The molecule has 0 spiro atoms. The van der Waals surface area contributed by atoms with E-state index in [4.69, 9.17) is 9.94 Å². The highest BCUT2D eigenvalue weighted by molar-refractivity contribution is 5.68. The van der Waals surface area contributed by atoms with Crippen molar-refractivity contribution < 1.29 is 23.5 Å². The Balaban J connectivity index is 2.64. The molecule has 15 heavy (non-hydrogen) atoms. The smallest absolute Gasteiger partial charge is 0.306 e. The van der Waals surface area contributed by atoms with Gasteiger partial charge < -0.3 is 5.11 Å². The summed E-state index contributed by atoms with van der Waals surface area (Å²) in [6.45, 7) is 0. The summed E-state index contributed by atoms with van der Waals surface area (Å²) in [7, 11) is 1.50. The Morgan fingerprint density at radius 2 is 1.93 bits per heavy atom. The number of carboxylic acid groups (broad SMARTS) is 1. The lowest BCUT2D eigenvalue weighted by molar-refractivity contribution is -0.176. The maximum absolute atomic E-state index is 12.9. The first-order valence-electron chi connectivity index (χ1n) is 4.84. The number of hydroxylamine groups is 1. The van der Waals surface area contributed by atoms with Gasteiger partial charge in [-0.25, -0.2) is 14.3 Å².